The second-order valence-corrected chi connectivity index (χ2v) is 9.33. The maximum Gasteiger partial charge on any atom is 0.422 e. The van der Waals surface area contributed by atoms with E-state index in [0.717, 1.165) is 32.1 Å². The largest absolute Gasteiger partial charge is 0.483 e. The zero-order valence-electron chi connectivity index (χ0n) is 19.0. The molecule has 1 saturated heterocycles. The van der Waals surface area contributed by atoms with E-state index in [2.05, 4.69) is 15.2 Å². The number of hydrogen-bond donors (Lipinski definition) is 1. The standard InChI is InChI=1S/C24H27ClF4N4O2/c25-21-11-16(1-6-22(21)35-15-24(27,28)29)12-31-23(34)33(14-18-3-2-17(26)13-30-18)20-7-9-32(10-8-20)19-4-5-19/h1-3,6,11,13,19-20H,4-5,7-10,12,14-15H2,(H,31,34). The van der Waals surface area contributed by atoms with Crippen molar-refractivity contribution in [2.24, 2.45) is 0 Å². The molecular weight excluding hydrogens is 488 g/mol. The highest BCUT2D eigenvalue weighted by molar-refractivity contribution is 6.32. The van der Waals surface area contributed by atoms with Gasteiger partial charge in [-0.2, -0.15) is 13.2 Å². The summed E-state index contributed by atoms with van der Waals surface area (Å²) in [6.45, 7) is 0.780. The summed E-state index contributed by atoms with van der Waals surface area (Å²) in [4.78, 5) is 21.5. The normalized spacial score (nSPS) is 17.3. The Morgan fingerprint density at radius 1 is 1.17 bits per heavy atom. The molecule has 2 aliphatic rings. The van der Waals surface area contributed by atoms with E-state index in [1.807, 2.05) is 0 Å². The predicted molar refractivity (Wildman–Crippen MR) is 123 cm³/mol. The minimum atomic E-state index is -4.46. The van der Waals surface area contributed by atoms with Crippen molar-refractivity contribution in [1.29, 1.82) is 0 Å². The number of carbonyl (C=O) groups excluding carboxylic acids is 1. The molecule has 1 aromatic heterocycles. The van der Waals surface area contributed by atoms with Crippen molar-refractivity contribution in [3.8, 4) is 5.75 Å². The van der Waals surface area contributed by atoms with Crippen LogP contribution in [0.3, 0.4) is 0 Å². The fourth-order valence-electron chi connectivity index (χ4n) is 4.25. The summed E-state index contributed by atoms with van der Waals surface area (Å²) in [5.74, 6) is -0.521. The number of hydrogen-bond acceptors (Lipinski definition) is 4. The summed E-state index contributed by atoms with van der Waals surface area (Å²) in [6.07, 6.45) is 0.803. The van der Waals surface area contributed by atoms with Crippen LogP contribution in [0, 0.1) is 5.82 Å². The van der Waals surface area contributed by atoms with Crippen LogP contribution in [-0.2, 0) is 13.1 Å². The average molecular weight is 515 g/mol. The van der Waals surface area contributed by atoms with E-state index in [1.54, 1.807) is 17.0 Å². The number of piperidine rings is 1. The van der Waals surface area contributed by atoms with Gasteiger partial charge in [0, 0.05) is 31.7 Å². The molecule has 1 N–H and O–H groups in total. The van der Waals surface area contributed by atoms with Gasteiger partial charge in [0.25, 0.3) is 0 Å². The number of benzene rings is 1. The van der Waals surface area contributed by atoms with Crippen molar-refractivity contribution in [3.63, 3.8) is 0 Å². The molecule has 1 aromatic carbocycles. The molecular formula is C24H27ClF4N4O2. The summed E-state index contributed by atoms with van der Waals surface area (Å²) >= 11 is 6.06. The maximum atomic E-state index is 13.3. The van der Waals surface area contributed by atoms with E-state index >= 15 is 0 Å². The van der Waals surface area contributed by atoms with Gasteiger partial charge < -0.3 is 19.9 Å². The second kappa shape index (κ2) is 11.0. The number of alkyl halides is 3. The van der Waals surface area contributed by atoms with Crippen LogP contribution in [-0.4, -0.2) is 58.8 Å². The molecule has 2 heterocycles. The van der Waals surface area contributed by atoms with Crippen LogP contribution in [0.5, 0.6) is 5.75 Å². The fourth-order valence-corrected chi connectivity index (χ4v) is 4.51. The van der Waals surface area contributed by atoms with Gasteiger partial charge in [-0.05, 0) is 55.5 Å². The molecule has 0 unspecified atom stereocenters. The third-order valence-corrected chi connectivity index (χ3v) is 6.51. The molecule has 0 atom stereocenters. The number of amides is 2. The number of pyridine rings is 1. The quantitative estimate of drug-likeness (QED) is 0.495. The van der Waals surface area contributed by atoms with Crippen molar-refractivity contribution >= 4 is 17.6 Å². The zero-order chi connectivity index (χ0) is 25.0. The van der Waals surface area contributed by atoms with Gasteiger partial charge >= 0.3 is 12.2 Å². The van der Waals surface area contributed by atoms with E-state index in [0.29, 0.717) is 17.3 Å². The summed E-state index contributed by atoms with van der Waals surface area (Å²) in [6, 6.07) is 7.64. The van der Waals surface area contributed by atoms with Gasteiger partial charge in [0.15, 0.2) is 6.61 Å². The third-order valence-electron chi connectivity index (χ3n) is 6.22. The van der Waals surface area contributed by atoms with Crippen LogP contribution in [0.25, 0.3) is 0 Å². The Labute approximate surface area is 206 Å². The number of halogens is 5. The molecule has 1 aliphatic carbocycles. The lowest BCUT2D eigenvalue weighted by Gasteiger charge is -2.38. The van der Waals surface area contributed by atoms with Crippen LogP contribution >= 0.6 is 11.6 Å². The first-order valence-corrected chi connectivity index (χ1v) is 11.9. The number of urea groups is 1. The van der Waals surface area contributed by atoms with Crippen molar-refractivity contribution in [3.05, 3.63) is 58.6 Å². The van der Waals surface area contributed by atoms with Gasteiger partial charge in [-0.25, -0.2) is 9.18 Å². The average Bonchev–Trinajstić information content (AvgIpc) is 3.67. The molecule has 0 spiro atoms. The van der Waals surface area contributed by atoms with Crippen LogP contribution in [0.4, 0.5) is 22.4 Å². The highest BCUT2D eigenvalue weighted by atomic mass is 35.5. The Kier molecular flexibility index (Phi) is 8.01. The molecule has 0 radical (unpaired) electrons. The van der Waals surface area contributed by atoms with Gasteiger partial charge in [0.05, 0.1) is 23.5 Å². The molecule has 190 valence electrons. The first-order valence-electron chi connectivity index (χ1n) is 11.5. The number of nitrogens with one attached hydrogen (secondary N) is 1. The van der Waals surface area contributed by atoms with Gasteiger partial charge in [0.1, 0.15) is 11.6 Å². The minimum Gasteiger partial charge on any atom is -0.483 e. The smallest absolute Gasteiger partial charge is 0.422 e. The lowest BCUT2D eigenvalue weighted by atomic mass is 10.0. The van der Waals surface area contributed by atoms with Crippen LogP contribution in [0.1, 0.15) is 36.9 Å². The molecule has 1 aliphatic heterocycles. The first kappa shape index (κ1) is 25.5. The Hall–Kier alpha value is -2.59. The van der Waals surface area contributed by atoms with E-state index in [9.17, 15) is 22.4 Å². The number of ether oxygens (including phenoxy) is 1. The Morgan fingerprint density at radius 3 is 2.51 bits per heavy atom. The molecule has 6 nitrogen and oxygen atoms in total. The van der Waals surface area contributed by atoms with E-state index in [4.69, 9.17) is 16.3 Å². The van der Waals surface area contributed by atoms with Crippen LogP contribution in [0.15, 0.2) is 36.5 Å². The third kappa shape index (κ3) is 7.44. The fraction of sp³-hybridized carbons (Fsp3) is 0.500. The maximum absolute atomic E-state index is 13.3. The van der Waals surface area contributed by atoms with Gasteiger partial charge in [-0.15, -0.1) is 0 Å². The lowest BCUT2D eigenvalue weighted by Crippen LogP contribution is -2.50. The second-order valence-electron chi connectivity index (χ2n) is 8.92. The number of likely N-dealkylation sites (tertiary alicyclic amines) is 1. The Morgan fingerprint density at radius 2 is 1.91 bits per heavy atom. The van der Waals surface area contributed by atoms with Gasteiger partial charge in [-0.3, -0.25) is 4.98 Å². The zero-order valence-corrected chi connectivity index (χ0v) is 19.8. The van der Waals surface area contributed by atoms with E-state index in [-0.39, 0.29) is 35.9 Å². The SMILES string of the molecule is O=C(NCc1ccc(OCC(F)(F)F)c(Cl)c1)N(Cc1ccc(F)cn1)C1CCN(C2CC2)CC1. The topological polar surface area (TPSA) is 57.7 Å². The number of aromatic nitrogens is 1. The van der Waals surface area contributed by atoms with Gasteiger partial charge in [0.2, 0.25) is 0 Å². The highest BCUT2D eigenvalue weighted by Crippen LogP contribution is 2.31. The molecule has 0 bridgehead atoms. The Balaban J connectivity index is 1.39. The van der Waals surface area contributed by atoms with Crippen molar-refractivity contribution in [2.75, 3.05) is 19.7 Å². The molecule has 35 heavy (non-hydrogen) atoms. The molecule has 1 saturated carbocycles. The van der Waals surface area contributed by atoms with Crippen LogP contribution < -0.4 is 10.1 Å². The highest BCUT2D eigenvalue weighted by Gasteiger charge is 2.35. The Bertz CT molecular complexity index is 1010. The molecule has 2 aromatic rings. The summed E-state index contributed by atoms with van der Waals surface area (Å²) < 4.78 is 55.2. The monoisotopic (exact) mass is 514 g/mol. The molecule has 2 amide bonds. The van der Waals surface area contributed by atoms with Crippen LogP contribution in [0.2, 0.25) is 5.02 Å². The minimum absolute atomic E-state index is 0.0126. The summed E-state index contributed by atoms with van der Waals surface area (Å²) in [7, 11) is 0. The predicted octanol–water partition coefficient (Wildman–Crippen LogP) is 5.15. The number of nitrogens with zero attached hydrogens (tertiary/aromatic N) is 3. The van der Waals surface area contributed by atoms with Crippen molar-refractivity contribution in [2.45, 2.75) is 57.0 Å². The van der Waals surface area contributed by atoms with E-state index in [1.165, 1.54) is 31.0 Å². The van der Waals surface area contributed by atoms with Crippen molar-refractivity contribution in [1.82, 2.24) is 20.1 Å². The van der Waals surface area contributed by atoms with Crippen molar-refractivity contribution < 1.29 is 27.1 Å². The lowest BCUT2D eigenvalue weighted by molar-refractivity contribution is -0.153. The summed E-state index contributed by atoms with van der Waals surface area (Å²) in [5, 5.41) is 2.90. The molecule has 11 heteroatoms. The van der Waals surface area contributed by atoms with E-state index < -0.39 is 18.6 Å². The number of rotatable bonds is 8. The first-order chi connectivity index (χ1) is 16.7. The number of carbonyl (C=O) groups is 1. The molecule has 2 fully saturated rings. The van der Waals surface area contributed by atoms with Gasteiger partial charge in [-0.1, -0.05) is 17.7 Å². The summed E-state index contributed by atoms with van der Waals surface area (Å²) in [5.41, 5.74) is 1.20. The molecule has 4 rings (SSSR count).